The minimum absolute atomic E-state index is 0.0552. The number of carbonyl (C=O) groups excluding carboxylic acids is 4. The summed E-state index contributed by atoms with van der Waals surface area (Å²) < 4.78 is 5.06. The molecule has 0 radical (unpaired) electrons. The number of Topliss-reactive ketones (excluding diaryl/α,β-unsaturated/α-hetero) is 1. The van der Waals surface area contributed by atoms with Gasteiger partial charge >= 0.3 is 5.97 Å². The molecule has 190 valence electrons. The van der Waals surface area contributed by atoms with Crippen molar-refractivity contribution in [2.45, 2.75) is 11.8 Å². The number of imide groups is 1. The fourth-order valence-corrected chi connectivity index (χ4v) is 6.31. The lowest BCUT2D eigenvalue weighted by Gasteiger charge is -2.45. The summed E-state index contributed by atoms with van der Waals surface area (Å²) in [7, 11) is 0. The van der Waals surface area contributed by atoms with Crippen LogP contribution in [0.2, 0.25) is 5.02 Å². The van der Waals surface area contributed by atoms with E-state index in [0.29, 0.717) is 0 Å². The average Bonchev–Trinajstić information content (AvgIpc) is 3.17. The smallest absolute Gasteiger partial charge is 0.326 e. The summed E-state index contributed by atoms with van der Waals surface area (Å²) in [5.41, 5.74) is 3.57. The maximum absolute atomic E-state index is 13.5. The predicted octanol–water partition coefficient (Wildman–Crippen LogP) is 3.87. The van der Waals surface area contributed by atoms with Gasteiger partial charge in [0.2, 0.25) is 17.6 Å². The molecule has 1 fully saturated rings. The normalized spacial score (nSPS) is 22.5. The predicted molar refractivity (Wildman–Crippen MR) is 134 cm³/mol. The Labute approximate surface area is 221 Å². The van der Waals surface area contributed by atoms with Crippen molar-refractivity contribution in [2.75, 3.05) is 13.2 Å². The first kappa shape index (κ1) is 24.0. The second-order valence-corrected chi connectivity index (χ2v) is 9.94. The first-order chi connectivity index (χ1) is 18.3. The highest BCUT2D eigenvalue weighted by Crippen LogP contribution is 2.60. The van der Waals surface area contributed by atoms with Crippen LogP contribution in [0.15, 0.2) is 66.7 Å². The van der Waals surface area contributed by atoms with Crippen molar-refractivity contribution in [3.8, 4) is 0 Å². The molecule has 3 aliphatic carbocycles. The fraction of sp³-hybridized carbons (Fsp3) is 0.214. The number of hydrogen-bond donors (Lipinski definition) is 0. The van der Waals surface area contributed by atoms with Crippen LogP contribution in [0.1, 0.15) is 44.4 Å². The Balaban J connectivity index is 1.20. The zero-order valence-electron chi connectivity index (χ0n) is 19.7. The van der Waals surface area contributed by atoms with E-state index in [4.69, 9.17) is 16.3 Å². The minimum Gasteiger partial charge on any atom is -0.456 e. The van der Waals surface area contributed by atoms with Gasteiger partial charge in [0.25, 0.3) is 5.69 Å². The van der Waals surface area contributed by atoms with E-state index in [9.17, 15) is 29.3 Å². The van der Waals surface area contributed by atoms with Crippen molar-refractivity contribution in [3.63, 3.8) is 0 Å². The number of nitro benzene ring substituents is 1. The maximum Gasteiger partial charge on any atom is 0.326 e. The SMILES string of the molecule is O=C(CN1C(=O)C2C3c4ccccc4C(c4ccccc43)C2C1=O)OCC(=O)c1ccc(Cl)c([N+](=O)[O-])c1. The standard InChI is InChI=1S/C28H19ClN2O7/c29-19-10-9-14(11-20(19)31(36)37)21(32)13-38-22(33)12-30-27(34)25-23-15-5-1-2-6-16(15)24(26(25)28(30)35)18-8-4-3-7-17(18)23/h1-11,23-26H,12-13H2. The first-order valence-electron chi connectivity index (χ1n) is 11.9. The van der Waals surface area contributed by atoms with Crippen molar-refractivity contribution in [1.82, 2.24) is 4.90 Å². The summed E-state index contributed by atoms with van der Waals surface area (Å²) in [5.74, 6) is -4.32. The zero-order valence-corrected chi connectivity index (χ0v) is 20.5. The third-order valence-electron chi connectivity index (χ3n) is 7.66. The highest BCUT2D eigenvalue weighted by Gasteiger charge is 2.61. The highest BCUT2D eigenvalue weighted by atomic mass is 35.5. The summed E-state index contributed by atoms with van der Waals surface area (Å²) >= 11 is 5.77. The first-order valence-corrected chi connectivity index (χ1v) is 12.3. The van der Waals surface area contributed by atoms with Gasteiger partial charge in [-0.1, -0.05) is 60.1 Å². The van der Waals surface area contributed by atoms with Gasteiger partial charge < -0.3 is 4.74 Å². The minimum atomic E-state index is -0.926. The van der Waals surface area contributed by atoms with Gasteiger partial charge in [-0.3, -0.25) is 34.2 Å². The largest absolute Gasteiger partial charge is 0.456 e. The van der Waals surface area contributed by atoms with Crippen molar-refractivity contribution < 1.29 is 28.8 Å². The van der Waals surface area contributed by atoms with E-state index in [2.05, 4.69) is 0 Å². The lowest BCUT2D eigenvalue weighted by atomic mass is 9.55. The molecular formula is C28H19ClN2O7. The summed E-state index contributed by atoms with van der Waals surface area (Å²) in [6.07, 6.45) is 0. The number of halogens is 1. The van der Waals surface area contributed by atoms with Crippen LogP contribution in [0.25, 0.3) is 0 Å². The number of benzene rings is 3. The van der Waals surface area contributed by atoms with E-state index < -0.39 is 59.2 Å². The Bertz CT molecular complexity index is 1450. The van der Waals surface area contributed by atoms with E-state index in [-0.39, 0.29) is 22.4 Å². The zero-order chi connectivity index (χ0) is 26.7. The van der Waals surface area contributed by atoms with Crippen LogP contribution >= 0.6 is 11.6 Å². The summed E-state index contributed by atoms with van der Waals surface area (Å²) in [4.78, 5) is 63.5. The van der Waals surface area contributed by atoms with E-state index in [1.807, 2.05) is 48.5 Å². The Morgan fingerprint density at radius 2 is 1.37 bits per heavy atom. The average molecular weight is 531 g/mol. The van der Waals surface area contributed by atoms with Crippen molar-refractivity contribution in [2.24, 2.45) is 11.8 Å². The van der Waals surface area contributed by atoms with Crippen LogP contribution in [0.3, 0.4) is 0 Å². The fourth-order valence-electron chi connectivity index (χ4n) is 6.13. The number of ether oxygens (including phenoxy) is 1. The number of nitro groups is 1. The molecule has 0 aromatic heterocycles. The molecule has 0 N–H and O–H groups in total. The van der Waals surface area contributed by atoms with E-state index in [0.717, 1.165) is 33.2 Å². The number of rotatable bonds is 6. The quantitative estimate of drug-likeness (QED) is 0.156. The van der Waals surface area contributed by atoms with Gasteiger partial charge in [0.15, 0.2) is 6.61 Å². The van der Waals surface area contributed by atoms with Gasteiger partial charge in [-0.05, 0) is 34.4 Å². The topological polar surface area (TPSA) is 124 Å². The molecule has 3 aromatic rings. The monoisotopic (exact) mass is 530 g/mol. The third kappa shape index (κ3) is 3.53. The van der Waals surface area contributed by atoms with Crippen molar-refractivity contribution in [3.05, 3.63) is 110 Å². The van der Waals surface area contributed by atoms with Gasteiger partial charge in [0.1, 0.15) is 11.6 Å². The number of amides is 2. The van der Waals surface area contributed by atoms with Gasteiger partial charge in [-0.25, -0.2) is 0 Å². The molecule has 3 aromatic carbocycles. The molecule has 1 saturated heterocycles. The number of likely N-dealkylation sites (tertiary alicyclic amines) is 1. The van der Waals surface area contributed by atoms with Crippen LogP contribution in [0.5, 0.6) is 0 Å². The second kappa shape index (κ2) is 8.88. The molecule has 2 unspecified atom stereocenters. The molecule has 0 spiro atoms. The molecule has 7 rings (SSSR count). The number of ketones is 1. The maximum atomic E-state index is 13.5. The summed E-state index contributed by atoms with van der Waals surface area (Å²) in [5, 5.41) is 10.9. The highest BCUT2D eigenvalue weighted by molar-refractivity contribution is 6.32. The summed E-state index contributed by atoms with van der Waals surface area (Å²) in [6.45, 7) is -1.33. The number of esters is 1. The lowest BCUT2D eigenvalue weighted by molar-refractivity contribution is -0.384. The van der Waals surface area contributed by atoms with E-state index >= 15 is 0 Å². The number of hydrogen-bond acceptors (Lipinski definition) is 7. The van der Waals surface area contributed by atoms with Crippen molar-refractivity contribution >= 4 is 40.9 Å². The molecule has 2 bridgehead atoms. The molecule has 0 saturated carbocycles. The summed E-state index contributed by atoms with van der Waals surface area (Å²) in [6, 6.07) is 19.1. The Morgan fingerprint density at radius 3 is 1.84 bits per heavy atom. The third-order valence-corrected chi connectivity index (χ3v) is 7.98. The Hall–Kier alpha value is -4.37. The molecule has 4 aliphatic rings. The van der Waals surface area contributed by atoms with Gasteiger partial charge in [0.05, 0.1) is 16.8 Å². The second-order valence-electron chi connectivity index (χ2n) is 9.53. The van der Waals surface area contributed by atoms with Gasteiger partial charge in [0, 0.05) is 23.5 Å². The molecule has 38 heavy (non-hydrogen) atoms. The van der Waals surface area contributed by atoms with E-state index in [1.54, 1.807) is 0 Å². The number of nitrogens with zero attached hydrogens (tertiary/aromatic N) is 2. The lowest BCUT2D eigenvalue weighted by Crippen LogP contribution is -2.41. The molecule has 9 nitrogen and oxygen atoms in total. The van der Waals surface area contributed by atoms with Gasteiger partial charge in [-0.2, -0.15) is 0 Å². The molecule has 2 amide bonds. The molecule has 10 heteroatoms. The molecule has 2 atom stereocenters. The van der Waals surface area contributed by atoms with Crippen LogP contribution in [0.4, 0.5) is 5.69 Å². The Morgan fingerprint density at radius 1 is 0.868 bits per heavy atom. The Kier molecular flexibility index (Phi) is 5.61. The van der Waals surface area contributed by atoms with Crippen LogP contribution in [0, 0.1) is 22.0 Å². The van der Waals surface area contributed by atoms with Gasteiger partial charge in [-0.15, -0.1) is 0 Å². The van der Waals surface area contributed by atoms with Crippen LogP contribution < -0.4 is 0 Å². The van der Waals surface area contributed by atoms with Crippen LogP contribution in [-0.4, -0.2) is 46.5 Å². The van der Waals surface area contributed by atoms with Crippen LogP contribution in [-0.2, 0) is 19.1 Å². The van der Waals surface area contributed by atoms with Crippen molar-refractivity contribution in [1.29, 1.82) is 0 Å². The molecule has 1 heterocycles. The van der Waals surface area contributed by atoms with E-state index in [1.165, 1.54) is 12.1 Å². The number of carbonyl (C=O) groups is 4. The molecule has 1 aliphatic heterocycles. The molecular weight excluding hydrogens is 512 g/mol.